The Hall–Kier alpha value is -0.640. The van der Waals surface area contributed by atoms with Gasteiger partial charge in [0.05, 0.1) is 5.69 Å². The number of benzene rings is 1. The summed E-state index contributed by atoms with van der Waals surface area (Å²) in [5.74, 6) is -0.0612. The SMILES string of the molecule is Nc1ncc(Br)cc1S(=O)(=O)Nc1ccc(Br)cc1Br. The molecule has 0 aliphatic heterocycles. The summed E-state index contributed by atoms with van der Waals surface area (Å²) in [4.78, 5) is 3.73. The molecule has 0 aliphatic carbocycles. The molecule has 5 nitrogen and oxygen atoms in total. The minimum absolute atomic E-state index is 0.0612. The molecule has 2 rings (SSSR count). The molecule has 1 aromatic carbocycles. The number of nitrogen functional groups attached to an aromatic ring is 1. The molecule has 1 heterocycles. The normalized spacial score (nSPS) is 11.3. The first-order chi connectivity index (χ1) is 9.29. The highest BCUT2D eigenvalue weighted by atomic mass is 79.9. The van der Waals surface area contributed by atoms with Crippen LogP contribution in [0.5, 0.6) is 0 Å². The summed E-state index contributed by atoms with van der Waals surface area (Å²) in [6, 6.07) is 6.50. The van der Waals surface area contributed by atoms with Crippen LogP contribution in [0.4, 0.5) is 11.5 Å². The summed E-state index contributed by atoms with van der Waals surface area (Å²) in [6.07, 6.45) is 1.43. The second-order valence-electron chi connectivity index (χ2n) is 3.77. The lowest BCUT2D eigenvalue weighted by atomic mass is 10.3. The molecule has 0 radical (unpaired) electrons. The van der Waals surface area contributed by atoms with Crippen molar-refractivity contribution in [3.63, 3.8) is 0 Å². The van der Waals surface area contributed by atoms with Gasteiger partial charge in [-0.3, -0.25) is 4.72 Å². The van der Waals surface area contributed by atoms with Crippen LogP contribution >= 0.6 is 47.8 Å². The zero-order valence-corrected chi connectivity index (χ0v) is 15.3. The van der Waals surface area contributed by atoms with Gasteiger partial charge in [0.2, 0.25) is 0 Å². The quantitative estimate of drug-likeness (QED) is 0.693. The van der Waals surface area contributed by atoms with Gasteiger partial charge in [-0.2, -0.15) is 0 Å². The second kappa shape index (κ2) is 6.00. The number of nitrogens with two attached hydrogens (primary N) is 1. The number of anilines is 2. The maximum Gasteiger partial charge on any atom is 0.265 e. The van der Waals surface area contributed by atoms with Crippen LogP contribution in [0.15, 0.2) is 48.8 Å². The van der Waals surface area contributed by atoms with Gasteiger partial charge in [0, 0.05) is 19.6 Å². The number of aromatic nitrogens is 1. The minimum atomic E-state index is -3.81. The van der Waals surface area contributed by atoms with E-state index in [1.807, 2.05) is 0 Å². The molecule has 2 aromatic rings. The van der Waals surface area contributed by atoms with Crippen LogP contribution in [0, 0.1) is 0 Å². The maximum atomic E-state index is 12.3. The van der Waals surface area contributed by atoms with E-state index in [-0.39, 0.29) is 10.7 Å². The highest BCUT2D eigenvalue weighted by molar-refractivity contribution is 9.11. The summed E-state index contributed by atoms with van der Waals surface area (Å²) in [7, 11) is -3.81. The van der Waals surface area contributed by atoms with Gasteiger partial charge in [-0.25, -0.2) is 13.4 Å². The Morgan fingerprint density at radius 1 is 1.10 bits per heavy atom. The Bertz CT molecular complexity index is 766. The van der Waals surface area contributed by atoms with E-state index in [0.717, 1.165) is 4.47 Å². The average molecular weight is 486 g/mol. The molecule has 0 aliphatic rings. The number of rotatable bonds is 3. The van der Waals surface area contributed by atoms with Gasteiger partial charge < -0.3 is 5.73 Å². The fraction of sp³-hybridized carbons (Fsp3) is 0. The molecular weight excluding hydrogens is 478 g/mol. The maximum absolute atomic E-state index is 12.3. The lowest BCUT2D eigenvalue weighted by molar-refractivity contribution is 0.601. The number of nitrogens with one attached hydrogen (secondary N) is 1. The molecule has 0 saturated heterocycles. The molecule has 1 aromatic heterocycles. The third-order valence-corrected chi connectivity index (χ3v) is 5.29. The van der Waals surface area contributed by atoms with Crippen LogP contribution in [0.25, 0.3) is 0 Å². The molecule has 0 amide bonds. The van der Waals surface area contributed by atoms with E-state index >= 15 is 0 Å². The Balaban J connectivity index is 2.43. The van der Waals surface area contributed by atoms with E-state index in [1.165, 1.54) is 12.3 Å². The van der Waals surface area contributed by atoms with Crippen LogP contribution in [-0.2, 0) is 10.0 Å². The van der Waals surface area contributed by atoms with Gasteiger partial charge in [-0.1, -0.05) is 15.9 Å². The fourth-order valence-electron chi connectivity index (χ4n) is 1.42. The highest BCUT2D eigenvalue weighted by Crippen LogP contribution is 2.29. The lowest BCUT2D eigenvalue weighted by Gasteiger charge is -2.11. The first-order valence-corrected chi connectivity index (χ1v) is 9.05. The predicted molar refractivity (Wildman–Crippen MR) is 89.0 cm³/mol. The number of hydrogen-bond acceptors (Lipinski definition) is 4. The van der Waals surface area contributed by atoms with Crippen LogP contribution in [0.3, 0.4) is 0 Å². The molecule has 0 atom stereocenters. The Morgan fingerprint density at radius 2 is 1.80 bits per heavy atom. The van der Waals surface area contributed by atoms with E-state index in [0.29, 0.717) is 14.6 Å². The van der Waals surface area contributed by atoms with Gasteiger partial charge in [-0.15, -0.1) is 0 Å². The third-order valence-electron chi connectivity index (χ3n) is 2.31. The Kier molecular flexibility index (Phi) is 4.73. The molecule has 0 spiro atoms. The standard InChI is InChI=1S/C11H8Br3N3O2S/c12-6-1-2-9(8(14)3-6)17-20(18,19)10-4-7(13)5-16-11(10)15/h1-5,17H,(H2,15,16). The Labute approximate surface area is 141 Å². The smallest absolute Gasteiger partial charge is 0.265 e. The zero-order valence-electron chi connectivity index (χ0n) is 9.77. The van der Waals surface area contributed by atoms with Crippen LogP contribution in [0.2, 0.25) is 0 Å². The molecule has 0 fully saturated rings. The Morgan fingerprint density at radius 3 is 2.45 bits per heavy atom. The number of pyridine rings is 1. The van der Waals surface area contributed by atoms with E-state index in [1.54, 1.807) is 18.2 Å². The fourth-order valence-corrected chi connectivity index (χ4v) is 4.37. The van der Waals surface area contributed by atoms with E-state index in [9.17, 15) is 8.42 Å². The van der Waals surface area contributed by atoms with Gasteiger partial charge in [0.1, 0.15) is 10.7 Å². The van der Waals surface area contributed by atoms with Crippen molar-refractivity contribution >= 4 is 69.3 Å². The van der Waals surface area contributed by atoms with E-state index in [2.05, 4.69) is 57.5 Å². The van der Waals surface area contributed by atoms with Crippen molar-refractivity contribution in [3.05, 3.63) is 43.9 Å². The molecule has 0 unspecified atom stereocenters. The van der Waals surface area contributed by atoms with Crippen LogP contribution in [-0.4, -0.2) is 13.4 Å². The minimum Gasteiger partial charge on any atom is -0.383 e. The van der Waals surface area contributed by atoms with Crippen molar-refractivity contribution in [1.29, 1.82) is 0 Å². The third kappa shape index (κ3) is 3.51. The van der Waals surface area contributed by atoms with E-state index in [4.69, 9.17) is 5.73 Å². The number of nitrogens with zero attached hydrogens (tertiary/aromatic N) is 1. The number of sulfonamides is 1. The molecule has 3 N–H and O–H groups in total. The molecule has 20 heavy (non-hydrogen) atoms. The zero-order chi connectivity index (χ0) is 14.9. The summed E-state index contributed by atoms with van der Waals surface area (Å²) in [6.45, 7) is 0. The highest BCUT2D eigenvalue weighted by Gasteiger charge is 2.20. The molecule has 0 bridgehead atoms. The first-order valence-electron chi connectivity index (χ1n) is 5.18. The topological polar surface area (TPSA) is 85.1 Å². The van der Waals surface area contributed by atoms with Crippen molar-refractivity contribution in [2.75, 3.05) is 10.5 Å². The first kappa shape index (κ1) is 15.7. The lowest BCUT2D eigenvalue weighted by Crippen LogP contribution is -2.15. The van der Waals surface area contributed by atoms with E-state index < -0.39 is 10.0 Å². The van der Waals surface area contributed by atoms with Gasteiger partial charge >= 0.3 is 0 Å². The van der Waals surface area contributed by atoms with Crippen molar-refractivity contribution in [2.45, 2.75) is 4.90 Å². The number of hydrogen-bond donors (Lipinski definition) is 2. The van der Waals surface area contributed by atoms with Gasteiger partial charge in [0.25, 0.3) is 10.0 Å². The molecular formula is C11H8Br3N3O2S. The molecule has 106 valence electrons. The van der Waals surface area contributed by atoms with Crippen molar-refractivity contribution in [1.82, 2.24) is 4.98 Å². The molecule has 0 saturated carbocycles. The monoisotopic (exact) mass is 483 g/mol. The van der Waals surface area contributed by atoms with Crippen molar-refractivity contribution in [3.8, 4) is 0 Å². The number of halogens is 3. The summed E-state index contributed by atoms with van der Waals surface area (Å²) in [5, 5.41) is 0. The predicted octanol–water partition coefficient (Wildman–Crippen LogP) is 3.75. The summed E-state index contributed by atoms with van der Waals surface area (Å²) < 4.78 is 29.1. The summed E-state index contributed by atoms with van der Waals surface area (Å²) >= 11 is 9.76. The largest absolute Gasteiger partial charge is 0.383 e. The van der Waals surface area contributed by atoms with Gasteiger partial charge in [0.15, 0.2) is 0 Å². The van der Waals surface area contributed by atoms with Crippen LogP contribution < -0.4 is 10.5 Å². The molecule has 9 heteroatoms. The van der Waals surface area contributed by atoms with Crippen molar-refractivity contribution in [2.24, 2.45) is 0 Å². The van der Waals surface area contributed by atoms with Gasteiger partial charge in [-0.05, 0) is 56.1 Å². The van der Waals surface area contributed by atoms with Crippen molar-refractivity contribution < 1.29 is 8.42 Å². The summed E-state index contributed by atoms with van der Waals surface area (Å²) in [5.41, 5.74) is 6.03. The second-order valence-corrected chi connectivity index (χ2v) is 8.10. The average Bonchev–Trinajstić information content (AvgIpc) is 2.35. The van der Waals surface area contributed by atoms with Crippen LogP contribution in [0.1, 0.15) is 0 Å².